The maximum absolute atomic E-state index is 2.41. The van der Waals surface area contributed by atoms with Gasteiger partial charge in [0.1, 0.15) is 0 Å². The van der Waals surface area contributed by atoms with E-state index in [-0.39, 0.29) is 0 Å². The molecule has 0 aromatic rings. The number of rotatable bonds is 1. The SMILES string of the molecule is BC(B)C1CCC(C)(C)CC1. The molecule has 1 fully saturated rings. The highest BCUT2D eigenvalue weighted by molar-refractivity contribution is 6.35. The molecule has 0 nitrogen and oxygen atoms in total. The van der Waals surface area contributed by atoms with E-state index in [0.717, 1.165) is 11.6 Å². The van der Waals surface area contributed by atoms with Gasteiger partial charge < -0.3 is 0 Å². The molecule has 0 atom stereocenters. The first-order chi connectivity index (χ1) is 5.01. The fraction of sp³-hybridized carbons (Fsp3) is 1.00. The average Bonchev–Trinajstić information content (AvgIpc) is 1.86. The minimum atomic E-state index is 0.644. The normalized spacial score (nSPS) is 25.7. The first kappa shape index (κ1) is 9.22. The van der Waals surface area contributed by atoms with Crippen LogP contribution in [0.4, 0.5) is 0 Å². The van der Waals surface area contributed by atoms with Gasteiger partial charge in [-0.3, -0.25) is 0 Å². The maximum Gasteiger partial charge on any atom is 0.0960 e. The van der Waals surface area contributed by atoms with Gasteiger partial charge in [0.05, 0.1) is 15.7 Å². The van der Waals surface area contributed by atoms with Gasteiger partial charge in [0.25, 0.3) is 0 Å². The van der Waals surface area contributed by atoms with Gasteiger partial charge in [-0.1, -0.05) is 38.3 Å². The topological polar surface area (TPSA) is 0 Å². The Labute approximate surface area is 73.0 Å². The second kappa shape index (κ2) is 3.25. The summed E-state index contributed by atoms with van der Waals surface area (Å²) < 4.78 is 0. The number of hydrogen-bond acceptors (Lipinski definition) is 0. The van der Waals surface area contributed by atoms with Crippen molar-refractivity contribution in [3.63, 3.8) is 0 Å². The van der Waals surface area contributed by atoms with Gasteiger partial charge in [-0.15, -0.1) is 0 Å². The second-order valence-electron chi connectivity index (χ2n) is 5.25. The lowest BCUT2D eigenvalue weighted by molar-refractivity contribution is 0.197. The molecule has 0 aliphatic heterocycles. The third-order valence-corrected chi connectivity index (χ3v) is 3.33. The van der Waals surface area contributed by atoms with Crippen LogP contribution in [0, 0.1) is 11.3 Å². The Morgan fingerprint density at radius 1 is 1.18 bits per heavy atom. The summed E-state index contributed by atoms with van der Waals surface area (Å²) in [5, 5.41) is 0. The molecule has 1 aliphatic carbocycles. The van der Waals surface area contributed by atoms with E-state index >= 15 is 0 Å². The van der Waals surface area contributed by atoms with Gasteiger partial charge in [0.15, 0.2) is 0 Å². The van der Waals surface area contributed by atoms with Crippen LogP contribution in [-0.4, -0.2) is 15.7 Å². The van der Waals surface area contributed by atoms with Crippen LogP contribution in [-0.2, 0) is 0 Å². The van der Waals surface area contributed by atoms with E-state index < -0.39 is 0 Å². The van der Waals surface area contributed by atoms with Crippen molar-refractivity contribution in [2.45, 2.75) is 45.2 Å². The quantitative estimate of drug-likeness (QED) is 0.492. The molecule has 0 aromatic heterocycles. The molecular weight excluding hydrogens is 130 g/mol. The van der Waals surface area contributed by atoms with E-state index in [1.54, 1.807) is 0 Å². The highest BCUT2D eigenvalue weighted by Crippen LogP contribution is 2.40. The van der Waals surface area contributed by atoms with E-state index in [4.69, 9.17) is 0 Å². The van der Waals surface area contributed by atoms with Gasteiger partial charge in [0.2, 0.25) is 0 Å². The van der Waals surface area contributed by atoms with Gasteiger partial charge in [-0.25, -0.2) is 0 Å². The van der Waals surface area contributed by atoms with Crippen LogP contribution in [0.3, 0.4) is 0 Å². The summed E-state index contributed by atoms with van der Waals surface area (Å²) in [4.78, 5) is 0. The predicted octanol–water partition coefficient (Wildman–Crippen LogP) is 1.22. The highest BCUT2D eigenvalue weighted by Gasteiger charge is 2.27. The smallest absolute Gasteiger partial charge is 0.0932 e. The molecule has 0 bridgehead atoms. The molecule has 2 heteroatoms. The van der Waals surface area contributed by atoms with Crippen LogP contribution in [0.25, 0.3) is 0 Å². The fourth-order valence-corrected chi connectivity index (χ4v) is 2.09. The zero-order valence-electron chi connectivity index (χ0n) is 8.48. The Hall–Kier alpha value is 0.130. The molecule has 11 heavy (non-hydrogen) atoms. The summed E-state index contributed by atoms with van der Waals surface area (Å²) >= 11 is 0. The lowest BCUT2D eigenvalue weighted by atomic mass is 9.57. The number of hydrogen-bond donors (Lipinski definition) is 0. The Balaban J connectivity index is 2.36. The van der Waals surface area contributed by atoms with E-state index in [2.05, 4.69) is 29.5 Å². The molecule has 1 rings (SSSR count). The molecular formula is C9H20B2. The van der Waals surface area contributed by atoms with Crippen LogP contribution >= 0.6 is 0 Å². The lowest BCUT2D eigenvalue weighted by Gasteiger charge is -2.36. The zero-order chi connectivity index (χ0) is 8.48. The summed E-state index contributed by atoms with van der Waals surface area (Å²) in [6.45, 7) is 4.81. The average molecular weight is 150 g/mol. The highest BCUT2D eigenvalue weighted by atomic mass is 14.3. The van der Waals surface area contributed by atoms with Crippen molar-refractivity contribution in [2.24, 2.45) is 11.3 Å². The molecule has 0 heterocycles. The van der Waals surface area contributed by atoms with Crippen LogP contribution in [0.15, 0.2) is 0 Å². The minimum absolute atomic E-state index is 0.644. The monoisotopic (exact) mass is 150 g/mol. The second-order valence-corrected chi connectivity index (χ2v) is 5.25. The summed E-state index contributed by atoms with van der Waals surface area (Å²) in [5.41, 5.74) is 1.55. The van der Waals surface area contributed by atoms with Gasteiger partial charge >= 0.3 is 0 Å². The molecule has 0 radical (unpaired) electrons. The van der Waals surface area contributed by atoms with Gasteiger partial charge in [0, 0.05) is 0 Å². The third-order valence-electron chi connectivity index (χ3n) is 3.33. The van der Waals surface area contributed by atoms with Crippen molar-refractivity contribution in [1.29, 1.82) is 0 Å². The van der Waals surface area contributed by atoms with Crippen molar-refractivity contribution in [3.05, 3.63) is 0 Å². The predicted molar refractivity (Wildman–Crippen MR) is 56.6 cm³/mol. The van der Waals surface area contributed by atoms with E-state index in [0.29, 0.717) is 5.41 Å². The molecule has 1 aliphatic rings. The van der Waals surface area contributed by atoms with E-state index in [9.17, 15) is 0 Å². The van der Waals surface area contributed by atoms with Crippen molar-refractivity contribution in [3.8, 4) is 0 Å². The summed E-state index contributed by atoms with van der Waals surface area (Å²) in [5.74, 6) is 1.02. The molecule has 0 saturated heterocycles. The molecule has 0 unspecified atom stereocenters. The molecule has 62 valence electrons. The molecule has 1 saturated carbocycles. The molecule has 0 amide bonds. The lowest BCUT2D eigenvalue weighted by Crippen LogP contribution is -2.23. The standard InChI is InChI=1S/C9H20B2/c1-9(2)5-3-7(4-6-9)8(10)11/h7-8H,3-6,10-11H2,1-2H3. The maximum atomic E-state index is 2.41. The molecule has 0 N–H and O–H groups in total. The largest absolute Gasteiger partial charge is 0.0960 e. The molecule has 0 aromatic carbocycles. The van der Waals surface area contributed by atoms with Crippen molar-refractivity contribution >= 4 is 15.7 Å². The zero-order valence-corrected chi connectivity index (χ0v) is 8.48. The summed E-state index contributed by atoms with van der Waals surface area (Å²) in [6, 6.07) is 0. The summed E-state index contributed by atoms with van der Waals surface area (Å²) in [6.07, 6.45) is 5.81. The van der Waals surface area contributed by atoms with Crippen LogP contribution in [0.1, 0.15) is 39.5 Å². The van der Waals surface area contributed by atoms with E-state index in [1.165, 1.54) is 25.7 Å². The van der Waals surface area contributed by atoms with E-state index in [1.807, 2.05) is 0 Å². The van der Waals surface area contributed by atoms with Gasteiger partial charge in [-0.05, 0) is 18.3 Å². The Morgan fingerprint density at radius 2 is 1.64 bits per heavy atom. The molecule has 0 spiro atoms. The van der Waals surface area contributed by atoms with Crippen LogP contribution in [0.5, 0.6) is 0 Å². The van der Waals surface area contributed by atoms with Crippen molar-refractivity contribution < 1.29 is 0 Å². The third kappa shape index (κ3) is 2.57. The fourth-order valence-electron chi connectivity index (χ4n) is 2.09. The summed E-state index contributed by atoms with van der Waals surface area (Å²) in [7, 11) is 4.73. The first-order valence-corrected chi connectivity index (χ1v) is 5.01. The van der Waals surface area contributed by atoms with Gasteiger partial charge in [-0.2, -0.15) is 0 Å². The Bertz CT molecular complexity index is 120. The van der Waals surface area contributed by atoms with Crippen molar-refractivity contribution in [1.82, 2.24) is 0 Å². The van der Waals surface area contributed by atoms with Crippen LogP contribution < -0.4 is 0 Å². The Morgan fingerprint density at radius 3 is 2.00 bits per heavy atom. The van der Waals surface area contributed by atoms with Crippen LogP contribution in [0.2, 0.25) is 5.72 Å². The first-order valence-electron chi connectivity index (χ1n) is 5.01. The Kier molecular flexibility index (Phi) is 2.72. The minimum Gasteiger partial charge on any atom is -0.0932 e. The van der Waals surface area contributed by atoms with Crippen molar-refractivity contribution in [2.75, 3.05) is 0 Å².